The molecule has 1 aromatic carbocycles. The van der Waals surface area contributed by atoms with Crippen molar-refractivity contribution in [2.24, 2.45) is 0 Å². The number of hydrogen-bond acceptors (Lipinski definition) is 5. The second-order valence-corrected chi connectivity index (χ2v) is 3.79. The first-order valence-corrected chi connectivity index (χ1v) is 4.98. The van der Waals surface area contributed by atoms with Crippen LogP contribution in [0.3, 0.4) is 0 Å². The molecule has 1 heterocycles. The number of oxazole rings is 1. The second-order valence-electron chi connectivity index (χ2n) is 2.76. The van der Waals surface area contributed by atoms with E-state index in [1.165, 1.54) is 18.0 Å². The van der Waals surface area contributed by atoms with Crippen molar-refractivity contribution in [2.75, 3.05) is 5.73 Å². The third-order valence-electron chi connectivity index (χ3n) is 1.76. The van der Waals surface area contributed by atoms with Gasteiger partial charge in [-0.05, 0) is 30.0 Å². The van der Waals surface area contributed by atoms with E-state index in [1.807, 2.05) is 12.1 Å². The molecule has 0 saturated heterocycles. The Morgan fingerprint density at radius 2 is 2.33 bits per heavy atom. The summed E-state index contributed by atoms with van der Waals surface area (Å²) in [5.74, 6) is 0. The van der Waals surface area contributed by atoms with Gasteiger partial charge < -0.3 is 10.2 Å². The van der Waals surface area contributed by atoms with Crippen LogP contribution >= 0.6 is 11.8 Å². The van der Waals surface area contributed by atoms with Gasteiger partial charge in [-0.25, -0.2) is 4.98 Å². The molecule has 0 aliphatic heterocycles. The van der Waals surface area contributed by atoms with Crippen molar-refractivity contribution >= 4 is 17.4 Å². The fourth-order valence-electron chi connectivity index (χ4n) is 1.07. The minimum atomic E-state index is 0.467. The zero-order chi connectivity index (χ0) is 10.7. The first kappa shape index (κ1) is 9.62. The number of nitrogen functional groups attached to an aromatic ring is 1. The van der Waals surface area contributed by atoms with Gasteiger partial charge in [0.1, 0.15) is 12.3 Å². The maximum atomic E-state index is 8.70. The van der Waals surface area contributed by atoms with Crippen LogP contribution < -0.4 is 5.73 Å². The Balaban J connectivity index is 2.24. The molecule has 0 unspecified atom stereocenters. The van der Waals surface area contributed by atoms with E-state index in [4.69, 9.17) is 15.4 Å². The van der Waals surface area contributed by atoms with E-state index < -0.39 is 0 Å². The van der Waals surface area contributed by atoms with E-state index in [9.17, 15) is 0 Å². The molecule has 2 aromatic rings. The zero-order valence-corrected chi connectivity index (χ0v) is 8.49. The molecule has 0 bridgehead atoms. The van der Waals surface area contributed by atoms with Crippen LogP contribution in [0.5, 0.6) is 0 Å². The Hall–Kier alpha value is -1.93. The van der Waals surface area contributed by atoms with E-state index in [0.29, 0.717) is 16.5 Å². The highest BCUT2D eigenvalue weighted by molar-refractivity contribution is 7.99. The van der Waals surface area contributed by atoms with Gasteiger partial charge in [0.05, 0.1) is 17.4 Å². The molecule has 15 heavy (non-hydrogen) atoms. The predicted molar refractivity (Wildman–Crippen MR) is 56.2 cm³/mol. The van der Waals surface area contributed by atoms with E-state index in [2.05, 4.69) is 4.98 Å². The van der Waals surface area contributed by atoms with Crippen molar-refractivity contribution in [1.29, 1.82) is 5.26 Å². The van der Waals surface area contributed by atoms with Crippen LogP contribution in [0.2, 0.25) is 0 Å². The Morgan fingerprint density at radius 1 is 1.47 bits per heavy atom. The van der Waals surface area contributed by atoms with E-state index in [0.717, 1.165) is 4.90 Å². The highest BCUT2D eigenvalue weighted by atomic mass is 32.2. The highest BCUT2D eigenvalue weighted by Crippen LogP contribution is 2.28. The van der Waals surface area contributed by atoms with Crippen LogP contribution in [0, 0.1) is 11.3 Å². The number of anilines is 1. The maximum Gasteiger partial charge on any atom is 0.260 e. The summed E-state index contributed by atoms with van der Waals surface area (Å²) < 4.78 is 5.08. The number of aromatic nitrogens is 1. The quantitative estimate of drug-likeness (QED) is 0.781. The molecule has 0 atom stereocenters. The van der Waals surface area contributed by atoms with Gasteiger partial charge in [0.2, 0.25) is 0 Å². The lowest BCUT2D eigenvalue weighted by molar-refractivity contribution is 0.454. The lowest BCUT2D eigenvalue weighted by atomic mass is 10.2. The third kappa shape index (κ3) is 2.11. The van der Waals surface area contributed by atoms with Crippen molar-refractivity contribution in [2.45, 2.75) is 10.1 Å². The summed E-state index contributed by atoms with van der Waals surface area (Å²) in [4.78, 5) is 4.87. The molecule has 0 fully saturated rings. The maximum absolute atomic E-state index is 8.70. The van der Waals surface area contributed by atoms with Crippen molar-refractivity contribution in [3.63, 3.8) is 0 Å². The van der Waals surface area contributed by atoms with Gasteiger partial charge in [0, 0.05) is 4.90 Å². The molecular formula is C10H7N3OS. The Labute approximate surface area is 90.7 Å². The summed E-state index contributed by atoms with van der Waals surface area (Å²) in [7, 11) is 0. The summed E-state index contributed by atoms with van der Waals surface area (Å²) in [5, 5.41) is 9.25. The molecule has 0 spiro atoms. The van der Waals surface area contributed by atoms with Gasteiger partial charge in [-0.1, -0.05) is 0 Å². The average molecular weight is 217 g/mol. The number of rotatable bonds is 2. The third-order valence-corrected chi connectivity index (χ3v) is 2.62. The Morgan fingerprint density at radius 3 is 2.93 bits per heavy atom. The highest BCUT2D eigenvalue weighted by Gasteiger charge is 2.04. The molecule has 0 aliphatic carbocycles. The molecule has 0 radical (unpaired) electrons. The van der Waals surface area contributed by atoms with E-state index >= 15 is 0 Å². The first-order valence-electron chi connectivity index (χ1n) is 4.16. The van der Waals surface area contributed by atoms with Crippen LogP contribution in [0.15, 0.2) is 45.2 Å². The van der Waals surface area contributed by atoms with E-state index in [-0.39, 0.29) is 0 Å². The molecule has 4 nitrogen and oxygen atoms in total. The monoisotopic (exact) mass is 217 g/mol. The Kier molecular flexibility index (Phi) is 2.61. The van der Waals surface area contributed by atoms with Crippen molar-refractivity contribution in [3.05, 3.63) is 36.2 Å². The number of hydrogen-bond donors (Lipinski definition) is 1. The molecule has 74 valence electrons. The normalized spacial score (nSPS) is 9.80. The van der Waals surface area contributed by atoms with Gasteiger partial charge in [-0.3, -0.25) is 0 Å². The molecule has 5 heteroatoms. The summed E-state index contributed by atoms with van der Waals surface area (Å²) >= 11 is 1.36. The van der Waals surface area contributed by atoms with Gasteiger partial charge >= 0.3 is 0 Å². The minimum Gasteiger partial charge on any atom is -0.440 e. The largest absolute Gasteiger partial charge is 0.440 e. The molecule has 1 aromatic heterocycles. The van der Waals surface area contributed by atoms with Crippen LogP contribution in [-0.4, -0.2) is 4.98 Å². The molecular weight excluding hydrogens is 210 g/mol. The van der Waals surface area contributed by atoms with Crippen molar-refractivity contribution in [3.8, 4) is 6.07 Å². The predicted octanol–water partition coefficient (Wildman–Crippen LogP) is 2.28. The number of nitrogens with zero attached hydrogens (tertiary/aromatic N) is 2. The second kappa shape index (κ2) is 4.07. The first-order chi connectivity index (χ1) is 7.29. The average Bonchev–Trinajstić information content (AvgIpc) is 2.71. The lowest BCUT2D eigenvalue weighted by Crippen LogP contribution is -1.89. The van der Waals surface area contributed by atoms with Gasteiger partial charge in [0.25, 0.3) is 5.22 Å². The van der Waals surface area contributed by atoms with Gasteiger partial charge in [-0.2, -0.15) is 5.26 Å². The number of nitrogens with two attached hydrogens (primary N) is 1. The minimum absolute atomic E-state index is 0.467. The van der Waals surface area contributed by atoms with Crippen molar-refractivity contribution in [1.82, 2.24) is 4.98 Å². The fourth-order valence-corrected chi connectivity index (χ4v) is 1.81. The molecule has 0 saturated carbocycles. The fraction of sp³-hybridized carbons (Fsp3) is 0. The number of nitriles is 1. The van der Waals surface area contributed by atoms with Gasteiger partial charge in [-0.15, -0.1) is 0 Å². The lowest BCUT2D eigenvalue weighted by Gasteiger charge is -2.00. The zero-order valence-electron chi connectivity index (χ0n) is 7.68. The topological polar surface area (TPSA) is 75.8 Å². The molecule has 0 amide bonds. The standard InChI is InChI=1S/C10H7N3OS/c11-6-7-1-2-8(5-9(7)12)15-10-13-3-4-14-10/h1-5H,12H2. The van der Waals surface area contributed by atoms with Crippen LogP contribution in [0.1, 0.15) is 5.56 Å². The molecule has 2 N–H and O–H groups in total. The van der Waals surface area contributed by atoms with Gasteiger partial charge in [0.15, 0.2) is 0 Å². The molecule has 2 rings (SSSR count). The van der Waals surface area contributed by atoms with Crippen LogP contribution in [0.4, 0.5) is 5.69 Å². The molecule has 0 aliphatic rings. The van der Waals surface area contributed by atoms with Crippen molar-refractivity contribution < 1.29 is 4.42 Å². The SMILES string of the molecule is N#Cc1ccc(Sc2ncco2)cc1N. The number of benzene rings is 1. The van der Waals surface area contributed by atoms with Crippen LogP contribution in [-0.2, 0) is 0 Å². The van der Waals surface area contributed by atoms with E-state index in [1.54, 1.807) is 18.3 Å². The summed E-state index contributed by atoms with van der Waals surface area (Å²) in [5.41, 5.74) is 6.62. The summed E-state index contributed by atoms with van der Waals surface area (Å²) in [6.45, 7) is 0. The summed E-state index contributed by atoms with van der Waals surface area (Å²) in [6, 6.07) is 7.23. The van der Waals surface area contributed by atoms with Crippen LogP contribution in [0.25, 0.3) is 0 Å². The summed E-state index contributed by atoms with van der Waals surface area (Å²) in [6.07, 6.45) is 3.09. The Bertz CT molecular complexity index is 502. The smallest absolute Gasteiger partial charge is 0.260 e.